The van der Waals surface area contributed by atoms with Crippen molar-refractivity contribution in [2.24, 2.45) is 11.7 Å². The average Bonchev–Trinajstić information content (AvgIpc) is 2.74. The number of nitrogens with two attached hydrogens (primary N) is 1. The Hall–Kier alpha value is -2.34. The molecular formula is C24H29ClN4O. The lowest BCUT2D eigenvalue weighted by Gasteiger charge is -2.35. The van der Waals surface area contributed by atoms with E-state index in [4.69, 9.17) is 17.3 Å². The number of phenolic OH excluding ortho intramolecular Hbond substituents is 1. The molecule has 0 amide bonds. The van der Waals surface area contributed by atoms with E-state index in [1.165, 1.54) is 18.5 Å². The van der Waals surface area contributed by atoms with Crippen LogP contribution < -0.4 is 10.6 Å². The van der Waals surface area contributed by atoms with E-state index < -0.39 is 0 Å². The van der Waals surface area contributed by atoms with Gasteiger partial charge >= 0.3 is 0 Å². The van der Waals surface area contributed by atoms with Crippen LogP contribution in [0.5, 0.6) is 5.75 Å². The Morgan fingerprint density at radius 2 is 1.93 bits per heavy atom. The number of pyridine rings is 1. The van der Waals surface area contributed by atoms with Crippen LogP contribution in [0.4, 0.5) is 5.69 Å². The first-order valence-corrected chi connectivity index (χ1v) is 10.8. The van der Waals surface area contributed by atoms with Crippen LogP contribution >= 0.6 is 11.6 Å². The summed E-state index contributed by atoms with van der Waals surface area (Å²) in [5, 5.41) is 11.4. The summed E-state index contributed by atoms with van der Waals surface area (Å²) >= 11 is 6.20. The van der Waals surface area contributed by atoms with Gasteiger partial charge in [0.05, 0.1) is 10.5 Å². The first kappa shape index (κ1) is 20.9. The molecular weight excluding hydrogens is 396 g/mol. The van der Waals surface area contributed by atoms with Gasteiger partial charge in [-0.15, -0.1) is 0 Å². The zero-order valence-corrected chi connectivity index (χ0v) is 18.4. The van der Waals surface area contributed by atoms with Crippen molar-refractivity contribution in [3.63, 3.8) is 0 Å². The maximum atomic E-state index is 9.96. The van der Waals surface area contributed by atoms with Gasteiger partial charge in [-0.05, 0) is 79.9 Å². The third-order valence-electron chi connectivity index (χ3n) is 6.00. The van der Waals surface area contributed by atoms with Crippen molar-refractivity contribution in [1.82, 2.24) is 9.88 Å². The number of nitrogens with zero attached hydrogens (tertiary/aromatic N) is 3. The topological polar surface area (TPSA) is 65.6 Å². The number of hydrogen-bond acceptors (Lipinski definition) is 5. The van der Waals surface area contributed by atoms with E-state index >= 15 is 0 Å². The number of rotatable bonds is 5. The summed E-state index contributed by atoms with van der Waals surface area (Å²) < 4.78 is 0. The zero-order chi connectivity index (χ0) is 21.3. The van der Waals surface area contributed by atoms with Crippen molar-refractivity contribution in [2.45, 2.75) is 19.4 Å². The number of anilines is 1. The standard InChI is InChI=1S/C24H29ClN4O/c1-28(2)15-16-6-9-29(10-7-16)23-5-8-27-22-4-3-17(11-20(22)23)19-13-21(25)24(30)12-18(19)14-26/h3-5,8,11-13,16,30H,6-7,9-10,14-15,26H2,1-2H3. The minimum absolute atomic E-state index is 0.0598. The molecule has 0 radical (unpaired) electrons. The molecule has 1 aliphatic heterocycles. The van der Waals surface area contributed by atoms with Crippen LogP contribution in [0, 0.1) is 5.92 Å². The second-order valence-corrected chi connectivity index (χ2v) is 8.83. The molecule has 3 aromatic rings. The van der Waals surface area contributed by atoms with Crippen molar-refractivity contribution in [2.75, 3.05) is 38.6 Å². The fraction of sp³-hybridized carbons (Fsp3) is 0.375. The summed E-state index contributed by atoms with van der Waals surface area (Å²) in [4.78, 5) is 9.34. The number of aromatic hydroxyl groups is 1. The van der Waals surface area contributed by atoms with Gasteiger partial charge in [0.1, 0.15) is 5.75 Å². The van der Waals surface area contributed by atoms with E-state index in [-0.39, 0.29) is 5.75 Å². The molecule has 1 fully saturated rings. The van der Waals surface area contributed by atoms with Crippen molar-refractivity contribution >= 4 is 28.2 Å². The average molecular weight is 425 g/mol. The van der Waals surface area contributed by atoms with Gasteiger partial charge in [0, 0.05) is 43.4 Å². The van der Waals surface area contributed by atoms with E-state index in [1.807, 2.05) is 18.3 Å². The Bertz CT molecular complexity index is 1040. The molecule has 5 nitrogen and oxygen atoms in total. The zero-order valence-electron chi connectivity index (χ0n) is 17.6. The maximum Gasteiger partial charge on any atom is 0.134 e. The van der Waals surface area contributed by atoms with E-state index in [0.717, 1.165) is 53.1 Å². The largest absolute Gasteiger partial charge is 0.506 e. The molecule has 0 saturated carbocycles. The van der Waals surface area contributed by atoms with Crippen LogP contribution in [0.2, 0.25) is 5.02 Å². The van der Waals surface area contributed by atoms with Gasteiger partial charge in [-0.3, -0.25) is 4.98 Å². The molecule has 0 unspecified atom stereocenters. The van der Waals surface area contributed by atoms with Gasteiger partial charge in [0.2, 0.25) is 0 Å². The third-order valence-corrected chi connectivity index (χ3v) is 6.30. The predicted molar refractivity (Wildman–Crippen MR) is 125 cm³/mol. The van der Waals surface area contributed by atoms with Crippen molar-refractivity contribution in [1.29, 1.82) is 0 Å². The Labute approximate surface area is 183 Å². The quantitative estimate of drug-likeness (QED) is 0.631. The van der Waals surface area contributed by atoms with Crippen molar-refractivity contribution in [3.8, 4) is 16.9 Å². The Morgan fingerprint density at radius 1 is 1.17 bits per heavy atom. The lowest BCUT2D eigenvalue weighted by molar-refractivity contribution is 0.285. The summed E-state index contributed by atoms with van der Waals surface area (Å²) in [5.41, 5.74) is 11.0. The summed E-state index contributed by atoms with van der Waals surface area (Å²) in [6.45, 7) is 3.60. The summed E-state index contributed by atoms with van der Waals surface area (Å²) in [7, 11) is 4.30. The summed E-state index contributed by atoms with van der Waals surface area (Å²) in [6, 6.07) is 11.8. The number of fused-ring (bicyclic) bond motifs is 1. The molecule has 158 valence electrons. The third kappa shape index (κ3) is 4.24. The number of phenols is 1. The van der Waals surface area contributed by atoms with Crippen LogP contribution in [0.15, 0.2) is 42.6 Å². The number of benzene rings is 2. The Kier molecular flexibility index (Phi) is 6.14. The molecule has 2 aromatic carbocycles. The molecule has 2 heterocycles. The van der Waals surface area contributed by atoms with E-state index in [0.29, 0.717) is 11.6 Å². The molecule has 0 spiro atoms. The van der Waals surface area contributed by atoms with Crippen molar-refractivity contribution < 1.29 is 5.11 Å². The molecule has 30 heavy (non-hydrogen) atoms. The fourth-order valence-corrected chi connectivity index (χ4v) is 4.65. The normalized spacial score (nSPS) is 15.3. The molecule has 0 aliphatic carbocycles. The van der Waals surface area contributed by atoms with E-state index in [9.17, 15) is 5.11 Å². The maximum absolute atomic E-state index is 9.96. The minimum Gasteiger partial charge on any atom is -0.506 e. The molecule has 3 N–H and O–H groups in total. The summed E-state index contributed by atoms with van der Waals surface area (Å²) in [6.07, 6.45) is 4.30. The van der Waals surface area contributed by atoms with E-state index in [2.05, 4.69) is 41.0 Å². The highest BCUT2D eigenvalue weighted by atomic mass is 35.5. The number of hydrogen-bond donors (Lipinski definition) is 2. The second-order valence-electron chi connectivity index (χ2n) is 8.42. The summed E-state index contributed by atoms with van der Waals surface area (Å²) in [5.74, 6) is 0.816. The minimum atomic E-state index is 0.0598. The Morgan fingerprint density at radius 3 is 2.63 bits per heavy atom. The predicted octanol–water partition coefficient (Wildman–Crippen LogP) is 4.50. The van der Waals surface area contributed by atoms with Gasteiger partial charge < -0.3 is 20.6 Å². The van der Waals surface area contributed by atoms with Gasteiger partial charge in [0.25, 0.3) is 0 Å². The van der Waals surface area contributed by atoms with Gasteiger partial charge in [0.15, 0.2) is 0 Å². The lowest BCUT2D eigenvalue weighted by atomic mass is 9.94. The van der Waals surface area contributed by atoms with Crippen LogP contribution in [0.3, 0.4) is 0 Å². The molecule has 1 aromatic heterocycles. The van der Waals surface area contributed by atoms with Crippen LogP contribution in [-0.4, -0.2) is 48.7 Å². The number of halogens is 1. The highest BCUT2D eigenvalue weighted by Crippen LogP contribution is 2.36. The molecule has 1 saturated heterocycles. The van der Waals surface area contributed by atoms with E-state index in [1.54, 1.807) is 12.1 Å². The first-order chi connectivity index (χ1) is 14.5. The molecule has 4 rings (SSSR count). The molecule has 0 bridgehead atoms. The van der Waals surface area contributed by atoms with Gasteiger partial charge in [-0.2, -0.15) is 0 Å². The monoisotopic (exact) mass is 424 g/mol. The molecule has 6 heteroatoms. The number of piperidine rings is 1. The fourth-order valence-electron chi connectivity index (χ4n) is 4.49. The molecule has 1 aliphatic rings. The Balaban J connectivity index is 1.70. The SMILES string of the molecule is CN(C)CC1CCN(c2ccnc3ccc(-c4cc(Cl)c(O)cc4CN)cc23)CC1. The van der Waals surface area contributed by atoms with Crippen LogP contribution in [0.1, 0.15) is 18.4 Å². The lowest BCUT2D eigenvalue weighted by Crippen LogP contribution is -2.37. The highest BCUT2D eigenvalue weighted by Gasteiger charge is 2.21. The number of aromatic nitrogens is 1. The van der Waals surface area contributed by atoms with Crippen molar-refractivity contribution in [3.05, 3.63) is 53.2 Å². The first-order valence-electron chi connectivity index (χ1n) is 10.5. The second kappa shape index (κ2) is 8.80. The van der Waals surface area contributed by atoms with Gasteiger partial charge in [-0.25, -0.2) is 0 Å². The molecule has 0 atom stereocenters. The smallest absolute Gasteiger partial charge is 0.134 e. The van der Waals surface area contributed by atoms with Gasteiger partial charge in [-0.1, -0.05) is 17.7 Å². The van der Waals surface area contributed by atoms with Crippen LogP contribution in [0.25, 0.3) is 22.0 Å². The van der Waals surface area contributed by atoms with Crippen LogP contribution in [-0.2, 0) is 6.54 Å². The highest BCUT2D eigenvalue weighted by molar-refractivity contribution is 6.32.